The van der Waals surface area contributed by atoms with Crippen molar-refractivity contribution >= 4 is 77.1 Å². The van der Waals surface area contributed by atoms with Crippen molar-refractivity contribution < 1.29 is 8.83 Å². The Hall–Kier alpha value is -8.55. The molecule has 1 aliphatic carbocycles. The molecule has 2 atom stereocenters. The SMILES string of the molecule is CC12C=CC=CC1c1ccccc1N2c1ccc2c(oc3ccccc32)c1-c1nc(-c2ccccc2)nc(-c2c(-n3c4ccccc4c4ccccc43)ccc3c2oc2ccccc23)n1. The number of anilines is 2. The summed E-state index contributed by atoms with van der Waals surface area (Å²) in [6.45, 7) is 2.32. The van der Waals surface area contributed by atoms with Crippen LogP contribution in [0, 0.1) is 0 Å². The van der Waals surface area contributed by atoms with Crippen LogP contribution in [0.2, 0.25) is 0 Å². The molecule has 4 aromatic heterocycles. The minimum Gasteiger partial charge on any atom is -0.455 e. The van der Waals surface area contributed by atoms with Crippen molar-refractivity contribution in [3.05, 3.63) is 206 Å². The molecule has 1 aliphatic heterocycles. The number of hydrogen-bond donors (Lipinski definition) is 0. The largest absolute Gasteiger partial charge is 0.455 e. The fourth-order valence-corrected chi connectivity index (χ4v) is 10.8. The molecule has 0 amide bonds. The fraction of sp³-hybridized carbons (Fsp3) is 0.0517. The smallest absolute Gasteiger partial charge is 0.170 e. The van der Waals surface area contributed by atoms with Crippen LogP contribution in [0.4, 0.5) is 11.4 Å². The maximum atomic E-state index is 6.99. The van der Waals surface area contributed by atoms with Gasteiger partial charge in [-0.15, -0.1) is 0 Å². The summed E-state index contributed by atoms with van der Waals surface area (Å²) in [5, 5.41) is 6.33. The van der Waals surface area contributed by atoms with Gasteiger partial charge in [0.15, 0.2) is 17.5 Å². The molecule has 0 spiro atoms. The Labute approximate surface area is 372 Å². The maximum Gasteiger partial charge on any atom is 0.170 e. The summed E-state index contributed by atoms with van der Waals surface area (Å²) in [4.78, 5) is 19.1. The van der Waals surface area contributed by atoms with Gasteiger partial charge in [-0.3, -0.25) is 0 Å². The third-order valence-electron chi connectivity index (χ3n) is 13.7. The average molecular weight is 836 g/mol. The van der Waals surface area contributed by atoms with E-state index in [1.165, 1.54) is 5.56 Å². The molecule has 2 unspecified atom stereocenters. The Morgan fingerprint density at radius 2 is 0.969 bits per heavy atom. The highest BCUT2D eigenvalue weighted by Gasteiger charge is 2.48. The van der Waals surface area contributed by atoms with Gasteiger partial charge in [0.1, 0.15) is 22.3 Å². The van der Waals surface area contributed by atoms with Gasteiger partial charge in [0.05, 0.1) is 39.1 Å². The summed E-state index contributed by atoms with van der Waals surface area (Å²) in [6.07, 6.45) is 8.96. The first-order valence-corrected chi connectivity index (χ1v) is 22.1. The molecule has 65 heavy (non-hydrogen) atoms. The highest BCUT2D eigenvalue weighted by atomic mass is 16.3. The van der Waals surface area contributed by atoms with E-state index < -0.39 is 5.54 Å². The minimum absolute atomic E-state index is 0.121. The second kappa shape index (κ2) is 13.5. The number of nitrogens with zero attached hydrogens (tertiary/aromatic N) is 5. The Morgan fingerprint density at radius 1 is 0.446 bits per heavy atom. The zero-order valence-corrected chi connectivity index (χ0v) is 35.2. The first-order chi connectivity index (χ1) is 32.1. The van der Waals surface area contributed by atoms with Gasteiger partial charge in [-0.1, -0.05) is 146 Å². The summed E-state index contributed by atoms with van der Waals surface area (Å²) in [5.41, 5.74) is 11.4. The van der Waals surface area contributed by atoms with Crippen molar-refractivity contribution in [1.29, 1.82) is 0 Å². The predicted octanol–water partition coefficient (Wildman–Crippen LogP) is 14.9. The molecular formula is C58H37N5O2. The Kier molecular flexibility index (Phi) is 7.46. The second-order valence-corrected chi connectivity index (χ2v) is 17.3. The van der Waals surface area contributed by atoms with Gasteiger partial charge >= 0.3 is 0 Å². The van der Waals surface area contributed by atoms with E-state index in [2.05, 4.69) is 174 Å². The zero-order chi connectivity index (χ0) is 42.8. The molecule has 0 saturated carbocycles. The van der Waals surface area contributed by atoms with E-state index in [1.807, 2.05) is 42.5 Å². The number of rotatable bonds is 5. The normalized spacial score (nSPS) is 16.8. The minimum atomic E-state index is -0.436. The monoisotopic (exact) mass is 835 g/mol. The molecule has 8 aromatic carbocycles. The van der Waals surface area contributed by atoms with E-state index in [1.54, 1.807) is 0 Å². The molecule has 12 aromatic rings. The number of aromatic nitrogens is 4. The molecule has 5 heterocycles. The lowest BCUT2D eigenvalue weighted by atomic mass is 9.80. The lowest BCUT2D eigenvalue weighted by Crippen LogP contribution is -2.42. The number of benzene rings is 8. The van der Waals surface area contributed by atoms with Crippen LogP contribution < -0.4 is 4.90 Å². The van der Waals surface area contributed by atoms with Crippen molar-refractivity contribution in [3.8, 4) is 39.9 Å². The number of furan rings is 2. The summed E-state index contributed by atoms with van der Waals surface area (Å²) >= 11 is 0. The van der Waals surface area contributed by atoms with Crippen LogP contribution in [-0.4, -0.2) is 25.1 Å². The van der Waals surface area contributed by atoms with Crippen molar-refractivity contribution in [2.45, 2.75) is 18.4 Å². The quantitative estimate of drug-likeness (QED) is 0.172. The van der Waals surface area contributed by atoms with Gasteiger partial charge in [0, 0.05) is 49.5 Å². The molecule has 0 bridgehead atoms. The third-order valence-corrected chi connectivity index (χ3v) is 13.7. The summed E-state index contributed by atoms with van der Waals surface area (Å²) in [7, 11) is 0. The fourth-order valence-electron chi connectivity index (χ4n) is 10.8. The predicted molar refractivity (Wildman–Crippen MR) is 263 cm³/mol. The Balaban J connectivity index is 1.13. The number of allylic oxidation sites excluding steroid dienone is 2. The van der Waals surface area contributed by atoms with Gasteiger partial charge < -0.3 is 18.3 Å². The number of hydrogen-bond acceptors (Lipinski definition) is 6. The van der Waals surface area contributed by atoms with Gasteiger partial charge in [-0.05, 0) is 67.1 Å². The van der Waals surface area contributed by atoms with Crippen LogP contribution in [0.15, 0.2) is 209 Å². The maximum absolute atomic E-state index is 6.99. The molecule has 0 N–H and O–H groups in total. The van der Waals surface area contributed by atoms with Crippen LogP contribution in [0.3, 0.4) is 0 Å². The van der Waals surface area contributed by atoms with Crippen molar-refractivity contribution in [2.75, 3.05) is 4.90 Å². The Bertz CT molecular complexity index is 3950. The second-order valence-electron chi connectivity index (χ2n) is 17.3. The van der Waals surface area contributed by atoms with Crippen LogP contribution in [0.5, 0.6) is 0 Å². The summed E-state index contributed by atoms with van der Waals surface area (Å²) < 4.78 is 16.3. The number of para-hydroxylation sites is 5. The molecule has 306 valence electrons. The van der Waals surface area contributed by atoms with E-state index in [-0.39, 0.29) is 5.92 Å². The molecule has 2 aliphatic rings. The third kappa shape index (κ3) is 5.09. The Morgan fingerprint density at radius 3 is 1.63 bits per heavy atom. The van der Waals surface area contributed by atoms with E-state index in [0.717, 1.165) is 88.3 Å². The van der Waals surface area contributed by atoms with Gasteiger partial charge in [-0.2, -0.15) is 0 Å². The first-order valence-electron chi connectivity index (χ1n) is 22.1. The van der Waals surface area contributed by atoms with Crippen LogP contribution >= 0.6 is 0 Å². The van der Waals surface area contributed by atoms with Gasteiger partial charge in [0.2, 0.25) is 0 Å². The molecule has 0 fully saturated rings. The van der Waals surface area contributed by atoms with E-state index in [9.17, 15) is 0 Å². The van der Waals surface area contributed by atoms with E-state index >= 15 is 0 Å². The van der Waals surface area contributed by atoms with Gasteiger partial charge in [0.25, 0.3) is 0 Å². The molecule has 7 heteroatoms. The molecule has 0 saturated heterocycles. The summed E-state index contributed by atoms with van der Waals surface area (Å²) in [6, 6.07) is 61.3. The molecule has 14 rings (SSSR count). The van der Waals surface area contributed by atoms with Crippen molar-refractivity contribution in [3.63, 3.8) is 0 Å². The van der Waals surface area contributed by atoms with Crippen LogP contribution in [0.25, 0.3) is 106 Å². The molecular weight excluding hydrogens is 799 g/mol. The number of fused-ring (bicyclic) bond motifs is 12. The highest BCUT2D eigenvalue weighted by Crippen LogP contribution is 2.56. The van der Waals surface area contributed by atoms with Crippen LogP contribution in [-0.2, 0) is 0 Å². The molecule has 7 nitrogen and oxygen atoms in total. The lowest BCUT2D eigenvalue weighted by Gasteiger charge is -2.40. The summed E-state index contributed by atoms with van der Waals surface area (Å²) in [5.74, 6) is 1.64. The van der Waals surface area contributed by atoms with Gasteiger partial charge in [-0.25, -0.2) is 15.0 Å². The first kappa shape index (κ1) is 36.0. The van der Waals surface area contributed by atoms with Crippen molar-refractivity contribution in [1.82, 2.24) is 19.5 Å². The average Bonchev–Trinajstić information content (AvgIpc) is 4.10. The van der Waals surface area contributed by atoms with Crippen LogP contribution in [0.1, 0.15) is 18.4 Å². The highest BCUT2D eigenvalue weighted by molar-refractivity contribution is 6.15. The topological polar surface area (TPSA) is 73.1 Å². The molecule has 0 radical (unpaired) electrons. The zero-order valence-electron chi connectivity index (χ0n) is 35.2. The van der Waals surface area contributed by atoms with E-state index in [4.69, 9.17) is 23.8 Å². The standard InChI is InChI=1S/C58H37N5O2/c1-58-34-16-15-24-43(58)42-23-7-12-27-46(42)63(58)48-33-31-41-39-22-9-14-29-50(39)65-54(41)52(48)57-60-55(35-17-3-2-4-18-35)59-56(61-57)51-47(32-30-40-38-21-8-13-28-49(38)64-53(40)51)62-44-25-10-5-19-36(44)37-20-6-11-26-45(37)62/h2-34,43H,1H3. The van der Waals surface area contributed by atoms with E-state index in [0.29, 0.717) is 28.6 Å². The lowest BCUT2D eigenvalue weighted by molar-refractivity contribution is 0.542. The van der Waals surface area contributed by atoms with Crippen molar-refractivity contribution in [2.24, 2.45) is 0 Å².